The molecule has 168 valence electrons. The van der Waals surface area contributed by atoms with Crippen molar-refractivity contribution in [2.75, 3.05) is 19.7 Å². The van der Waals surface area contributed by atoms with Gasteiger partial charge >= 0.3 is 5.97 Å². The average Bonchev–Trinajstić information content (AvgIpc) is 2.68. The van der Waals surface area contributed by atoms with Gasteiger partial charge in [0.05, 0.1) is 12.0 Å². The minimum absolute atomic E-state index is 0.0171. The van der Waals surface area contributed by atoms with Gasteiger partial charge in [-0.15, -0.1) is 0 Å². The Balaban J connectivity index is 1.89. The Bertz CT molecular complexity index is 927. The van der Waals surface area contributed by atoms with Gasteiger partial charge in [-0.3, -0.25) is 14.4 Å². The molecule has 0 N–H and O–H groups in total. The lowest BCUT2D eigenvalue weighted by Crippen LogP contribution is -2.52. The summed E-state index contributed by atoms with van der Waals surface area (Å²) in [6.45, 7) is 5.60. The van der Waals surface area contributed by atoms with E-state index in [0.717, 1.165) is 12.1 Å². The molecule has 0 aliphatic carbocycles. The normalized spacial score (nSPS) is 23.1. The summed E-state index contributed by atoms with van der Waals surface area (Å²) in [5.74, 6) is -2.76. The third-order valence-electron chi connectivity index (χ3n) is 5.61. The van der Waals surface area contributed by atoms with Gasteiger partial charge in [0, 0.05) is 31.7 Å². The highest BCUT2D eigenvalue weighted by molar-refractivity contribution is 6.02. The highest BCUT2D eigenvalue weighted by Crippen LogP contribution is 2.37. The van der Waals surface area contributed by atoms with E-state index in [4.69, 9.17) is 9.47 Å². The minimum atomic E-state index is -1.18. The van der Waals surface area contributed by atoms with Gasteiger partial charge in [0.15, 0.2) is 11.5 Å². The molecule has 1 saturated heterocycles. The number of benzene rings is 1. The fraction of sp³-hybridized carbons (Fsp3) is 0.522. The van der Waals surface area contributed by atoms with Crippen molar-refractivity contribution in [3.8, 4) is 0 Å². The van der Waals surface area contributed by atoms with E-state index in [1.54, 1.807) is 20.8 Å². The summed E-state index contributed by atoms with van der Waals surface area (Å²) in [5, 5.41) is 0. The summed E-state index contributed by atoms with van der Waals surface area (Å²) in [5.41, 5.74) is -1.81. The Morgan fingerprint density at radius 3 is 2.65 bits per heavy atom. The van der Waals surface area contributed by atoms with Crippen LogP contribution >= 0.6 is 0 Å². The molecule has 2 heterocycles. The third-order valence-corrected chi connectivity index (χ3v) is 5.61. The van der Waals surface area contributed by atoms with Crippen LogP contribution in [0.2, 0.25) is 0 Å². The molecule has 6 nitrogen and oxygen atoms in total. The molecule has 0 aromatic heterocycles. The zero-order chi connectivity index (χ0) is 22.8. The van der Waals surface area contributed by atoms with Crippen molar-refractivity contribution < 1.29 is 32.6 Å². The van der Waals surface area contributed by atoms with Crippen molar-refractivity contribution in [3.05, 3.63) is 47.2 Å². The fourth-order valence-corrected chi connectivity index (χ4v) is 4.24. The number of hydrogen-bond donors (Lipinski definition) is 0. The van der Waals surface area contributed by atoms with Gasteiger partial charge in [-0.25, -0.2) is 8.78 Å². The summed E-state index contributed by atoms with van der Waals surface area (Å²) >= 11 is 0. The summed E-state index contributed by atoms with van der Waals surface area (Å²) in [6, 6.07) is 3.21. The molecule has 1 fully saturated rings. The van der Waals surface area contributed by atoms with Crippen LogP contribution in [0.25, 0.3) is 0 Å². The number of hydrogen-bond acceptors (Lipinski definition) is 5. The van der Waals surface area contributed by atoms with Gasteiger partial charge < -0.3 is 14.4 Å². The lowest BCUT2D eigenvalue weighted by molar-refractivity contribution is -0.161. The molecule has 1 unspecified atom stereocenters. The summed E-state index contributed by atoms with van der Waals surface area (Å²) in [7, 11) is 0. The topological polar surface area (TPSA) is 72.9 Å². The van der Waals surface area contributed by atoms with E-state index in [1.165, 1.54) is 17.0 Å². The number of ketones is 1. The molecule has 1 atom stereocenters. The second-order valence-corrected chi connectivity index (χ2v) is 8.76. The number of ether oxygens (including phenoxy) is 2. The molecule has 1 aromatic carbocycles. The van der Waals surface area contributed by atoms with Crippen molar-refractivity contribution in [1.82, 2.24) is 4.90 Å². The van der Waals surface area contributed by atoms with E-state index >= 15 is 0 Å². The van der Waals surface area contributed by atoms with Crippen LogP contribution in [0, 0.1) is 17.0 Å². The first-order valence-electron chi connectivity index (χ1n) is 10.4. The highest BCUT2D eigenvalue weighted by Gasteiger charge is 2.46. The van der Waals surface area contributed by atoms with Crippen molar-refractivity contribution in [1.29, 1.82) is 0 Å². The molecular formula is C23H27F2NO5. The van der Waals surface area contributed by atoms with E-state index < -0.39 is 34.5 Å². The molecule has 0 saturated carbocycles. The van der Waals surface area contributed by atoms with Gasteiger partial charge in [0.1, 0.15) is 17.2 Å². The van der Waals surface area contributed by atoms with Crippen LogP contribution < -0.4 is 0 Å². The van der Waals surface area contributed by atoms with Crippen LogP contribution in [-0.2, 0) is 30.3 Å². The number of esters is 1. The van der Waals surface area contributed by atoms with Crippen molar-refractivity contribution >= 4 is 17.7 Å². The van der Waals surface area contributed by atoms with Crippen LogP contribution in [0.1, 0.15) is 45.6 Å². The number of allylic oxidation sites excluding steroid dienone is 1. The van der Waals surface area contributed by atoms with Crippen molar-refractivity contribution in [3.63, 3.8) is 0 Å². The maximum Gasteiger partial charge on any atom is 0.314 e. The molecule has 1 aromatic rings. The maximum absolute atomic E-state index is 14.4. The number of likely N-dealkylation sites (tertiary alicyclic amines) is 1. The largest absolute Gasteiger partial charge is 0.481 e. The summed E-state index contributed by atoms with van der Waals surface area (Å²) < 4.78 is 38.7. The van der Waals surface area contributed by atoms with E-state index in [0.29, 0.717) is 19.4 Å². The average molecular weight is 435 g/mol. The molecule has 3 rings (SSSR count). The van der Waals surface area contributed by atoms with Crippen LogP contribution in [0.4, 0.5) is 8.78 Å². The first kappa shape index (κ1) is 22.9. The molecule has 1 amide bonds. The van der Waals surface area contributed by atoms with Crippen LogP contribution in [-0.4, -0.2) is 47.9 Å². The third kappa shape index (κ3) is 5.11. The smallest absolute Gasteiger partial charge is 0.314 e. The van der Waals surface area contributed by atoms with E-state index in [1.807, 2.05) is 0 Å². The molecule has 2 aliphatic heterocycles. The first-order valence-corrected chi connectivity index (χ1v) is 10.4. The second kappa shape index (κ2) is 8.77. The molecule has 8 heteroatoms. The Morgan fingerprint density at radius 2 is 2.00 bits per heavy atom. The standard InChI is InChI=1S/C23H27F2NO5/c1-4-30-21(29)23(12-15-6-7-16(24)10-18(15)25)8-5-9-26(14-23)20(28)19-11-17(27)13-22(2,3)31-19/h6-7,10-11H,4-5,8-9,12-14H2,1-3H3. The number of nitrogens with zero attached hydrogens (tertiary/aromatic N) is 1. The van der Waals surface area contributed by atoms with Gasteiger partial charge in [0.25, 0.3) is 5.91 Å². The van der Waals surface area contributed by atoms with Gasteiger partial charge in [-0.1, -0.05) is 6.07 Å². The Kier molecular flexibility index (Phi) is 6.48. The van der Waals surface area contributed by atoms with Crippen LogP contribution in [0.3, 0.4) is 0 Å². The highest BCUT2D eigenvalue weighted by atomic mass is 19.1. The quantitative estimate of drug-likeness (QED) is 0.664. The lowest BCUT2D eigenvalue weighted by Gasteiger charge is -2.42. The Morgan fingerprint density at radius 1 is 1.26 bits per heavy atom. The summed E-state index contributed by atoms with van der Waals surface area (Å²) in [4.78, 5) is 39.5. The Labute approximate surface area is 180 Å². The predicted octanol–water partition coefficient (Wildman–Crippen LogP) is 3.33. The molecule has 0 bridgehead atoms. The van der Waals surface area contributed by atoms with E-state index in [9.17, 15) is 23.2 Å². The van der Waals surface area contributed by atoms with Crippen molar-refractivity contribution in [2.24, 2.45) is 5.41 Å². The first-order chi connectivity index (χ1) is 14.5. The number of carbonyl (C=O) groups excluding carboxylic acids is 3. The number of amides is 1. The number of piperidine rings is 1. The SMILES string of the molecule is CCOC(=O)C1(Cc2ccc(F)cc2F)CCCN(C(=O)C2=CC(=O)CC(C)(C)O2)C1. The Hall–Kier alpha value is -2.77. The minimum Gasteiger partial charge on any atom is -0.481 e. The van der Waals surface area contributed by atoms with Crippen molar-refractivity contribution in [2.45, 2.75) is 52.1 Å². The van der Waals surface area contributed by atoms with E-state index in [-0.39, 0.29) is 43.1 Å². The van der Waals surface area contributed by atoms with Gasteiger partial charge in [0.2, 0.25) is 0 Å². The maximum atomic E-state index is 14.4. The van der Waals surface area contributed by atoms with Crippen LogP contribution in [0.5, 0.6) is 0 Å². The second-order valence-electron chi connectivity index (χ2n) is 8.76. The zero-order valence-corrected chi connectivity index (χ0v) is 18.0. The monoisotopic (exact) mass is 435 g/mol. The molecule has 31 heavy (non-hydrogen) atoms. The van der Waals surface area contributed by atoms with Crippen LogP contribution in [0.15, 0.2) is 30.0 Å². The number of rotatable bonds is 5. The molecule has 0 radical (unpaired) electrons. The lowest BCUT2D eigenvalue weighted by atomic mass is 9.74. The van der Waals surface area contributed by atoms with E-state index in [2.05, 4.69) is 0 Å². The molecular weight excluding hydrogens is 408 g/mol. The number of halogens is 2. The summed E-state index contributed by atoms with van der Waals surface area (Å²) in [6.07, 6.45) is 2.19. The van der Waals surface area contributed by atoms with Gasteiger partial charge in [-0.05, 0) is 51.7 Å². The number of carbonyl (C=O) groups is 3. The molecule has 0 spiro atoms. The molecule has 2 aliphatic rings. The predicted molar refractivity (Wildman–Crippen MR) is 108 cm³/mol. The zero-order valence-electron chi connectivity index (χ0n) is 18.0. The fourth-order valence-electron chi connectivity index (χ4n) is 4.24. The van der Waals surface area contributed by atoms with Gasteiger partial charge in [-0.2, -0.15) is 0 Å².